The van der Waals surface area contributed by atoms with E-state index in [0.29, 0.717) is 0 Å². The minimum Gasteiger partial charge on any atom is -0.310 e. The minimum absolute atomic E-state index is 0.818. The van der Waals surface area contributed by atoms with Crippen molar-refractivity contribution in [1.82, 2.24) is 24.6 Å². The summed E-state index contributed by atoms with van der Waals surface area (Å²) in [6.45, 7) is 9.48. The highest BCUT2D eigenvalue weighted by atomic mass is 79.9. The van der Waals surface area contributed by atoms with Gasteiger partial charge in [0.2, 0.25) is 0 Å². The van der Waals surface area contributed by atoms with Crippen LogP contribution in [-0.4, -0.2) is 45.4 Å². The zero-order valence-corrected chi connectivity index (χ0v) is 13.0. The van der Waals surface area contributed by atoms with E-state index in [4.69, 9.17) is 0 Å². The molecule has 0 radical (unpaired) electrons. The standard InChI is InChI=1S/C13H20BrN5/c1-3-18(4-2)6-5-15-7-11-8-17-13-9-16-12(14)10-19(11)13/h8-10,15H,3-7H2,1-2H3. The zero-order valence-electron chi connectivity index (χ0n) is 11.4. The molecule has 0 spiro atoms. The summed E-state index contributed by atoms with van der Waals surface area (Å²) in [6.07, 6.45) is 5.61. The molecule has 0 aliphatic carbocycles. The largest absolute Gasteiger partial charge is 0.310 e. The van der Waals surface area contributed by atoms with Crippen LogP contribution >= 0.6 is 15.9 Å². The lowest BCUT2D eigenvalue weighted by Gasteiger charge is -2.17. The molecule has 0 fully saturated rings. The van der Waals surface area contributed by atoms with E-state index in [1.807, 2.05) is 12.4 Å². The van der Waals surface area contributed by atoms with Gasteiger partial charge >= 0.3 is 0 Å². The number of rotatable bonds is 7. The van der Waals surface area contributed by atoms with E-state index in [1.165, 1.54) is 0 Å². The van der Waals surface area contributed by atoms with Crippen LogP contribution in [0.1, 0.15) is 19.5 Å². The van der Waals surface area contributed by atoms with Gasteiger partial charge in [0.05, 0.1) is 18.1 Å². The Labute approximate surface area is 122 Å². The fourth-order valence-electron chi connectivity index (χ4n) is 2.04. The maximum absolute atomic E-state index is 4.34. The van der Waals surface area contributed by atoms with E-state index in [0.717, 1.165) is 48.7 Å². The van der Waals surface area contributed by atoms with Crippen LogP contribution in [0, 0.1) is 0 Å². The SMILES string of the molecule is CCN(CC)CCNCc1cnc2cnc(Br)cn12. The smallest absolute Gasteiger partial charge is 0.155 e. The summed E-state index contributed by atoms with van der Waals surface area (Å²) in [5.74, 6) is 0. The van der Waals surface area contributed by atoms with Crippen LogP contribution in [0.4, 0.5) is 0 Å². The number of hydrogen-bond donors (Lipinski definition) is 1. The van der Waals surface area contributed by atoms with Crippen molar-refractivity contribution in [3.63, 3.8) is 0 Å². The monoisotopic (exact) mass is 325 g/mol. The van der Waals surface area contributed by atoms with Crippen molar-refractivity contribution in [2.24, 2.45) is 0 Å². The lowest BCUT2D eigenvalue weighted by atomic mass is 10.4. The van der Waals surface area contributed by atoms with Crippen LogP contribution in [0.2, 0.25) is 0 Å². The molecule has 2 rings (SSSR count). The number of likely N-dealkylation sites (N-methyl/N-ethyl adjacent to an activating group) is 1. The van der Waals surface area contributed by atoms with Gasteiger partial charge in [0.1, 0.15) is 4.60 Å². The predicted octanol–water partition coefficient (Wildman–Crippen LogP) is 1.92. The van der Waals surface area contributed by atoms with Gasteiger partial charge in [-0.05, 0) is 29.0 Å². The van der Waals surface area contributed by atoms with E-state index >= 15 is 0 Å². The highest BCUT2D eigenvalue weighted by molar-refractivity contribution is 9.10. The molecule has 19 heavy (non-hydrogen) atoms. The predicted molar refractivity (Wildman–Crippen MR) is 80.2 cm³/mol. The Kier molecular flexibility index (Phi) is 5.30. The highest BCUT2D eigenvalue weighted by Crippen LogP contribution is 2.10. The normalized spacial score (nSPS) is 11.6. The molecule has 6 heteroatoms. The molecule has 2 aromatic rings. The minimum atomic E-state index is 0.818. The molecule has 0 aliphatic rings. The zero-order chi connectivity index (χ0) is 13.7. The van der Waals surface area contributed by atoms with Crippen molar-refractivity contribution < 1.29 is 0 Å². The molecule has 0 atom stereocenters. The summed E-state index contributed by atoms with van der Waals surface area (Å²) in [6, 6.07) is 0. The molecule has 5 nitrogen and oxygen atoms in total. The molecule has 2 heterocycles. The number of nitrogens with one attached hydrogen (secondary N) is 1. The van der Waals surface area contributed by atoms with Crippen LogP contribution in [0.5, 0.6) is 0 Å². The third kappa shape index (κ3) is 3.75. The van der Waals surface area contributed by atoms with Crippen LogP contribution in [-0.2, 0) is 6.54 Å². The third-order valence-electron chi connectivity index (χ3n) is 3.25. The Morgan fingerprint density at radius 3 is 2.79 bits per heavy atom. The van der Waals surface area contributed by atoms with Gasteiger partial charge in [-0.3, -0.25) is 4.40 Å². The van der Waals surface area contributed by atoms with Crippen molar-refractivity contribution in [2.75, 3.05) is 26.2 Å². The molecule has 2 aromatic heterocycles. The van der Waals surface area contributed by atoms with Gasteiger partial charge in [0.25, 0.3) is 0 Å². The molecular formula is C13H20BrN5. The topological polar surface area (TPSA) is 45.5 Å². The summed E-state index contributed by atoms with van der Waals surface area (Å²) in [4.78, 5) is 10.9. The molecule has 0 saturated heterocycles. The first kappa shape index (κ1) is 14.4. The maximum atomic E-state index is 4.34. The lowest BCUT2D eigenvalue weighted by molar-refractivity contribution is 0.302. The second kappa shape index (κ2) is 6.98. The number of imidazole rings is 1. The van der Waals surface area contributed by atoms with Crippen molar-refractivity contribution in [3.8, 4) is 0 Å². The van der Waals surface area contributed by atoms with Crippen molar-refractivity contribution in [3.05, 3.63) is 28.9 Å². The molecule has 0 unspecified atom stereocenters. The van der Waals surface area contributed by atoms with Gasteiger partial charge < -0.3 is 10.2 Å². The molecule has 1 N–H and O–H groups in total. The average Bonchev–Trinajstić information content (AvgIpc) is 2.81. The molecule has 0 saturated carbocycles. The van der Waals surface area contributed by atoms with Crippen LogP contribution < -0.4 is 5.32 Å². The maximum Gasteiger partial charge on any atom is 0.155 e. The van der Waals surface area contributed by atoms with E-state index in [9.17, 15) is 0 Å². The van der Waals surface area contributed by atoms with Gasteiger partial charge in [-0.1, -0.05) is 13.8 Å². The van der Waals surface area contributed by atoms with Crippen LogP contribution in [0.15, 0.2) is 23.2 Å². The molecule has 0 bridgehead atoms. The lowest BCUT2D eigenvalue weighted by Crippen LogP contribution is -2.31. The fraction of sp³-hybridized carbons (Fsp3) is 0.538. The molecule has 0 aromatic carbocycles. The second-order valence-corrected chi connectivity index (χ2v) is 5.20. The fourth-order valence-corrected chi connectivity index (χ4v) is 2.35. The van der Waals surface area contributed by atoms with Gasteiger partial charge in [-0.25, -0.2) is 9.97 Å². The molecule has 0 amide bonds. The number of hydrogen-bond acceptors (Lipinski definition) is 4. The van der Waals surface area contributed by atoms with Crippen molar-refractivity contribution in [1.29, 1.82) is 0 Å². The summed E-state index contributed by atoms with van der Waals surface area (Å²) in [5.41, 5.74) is 2.03. The van der Waals surface area contributed by atoms with E-state index in [-0.39, 0.29) is 0 Å². The number of aromatic nitrogens is 3. The van der Waals surface area contributed by atoms with E-state index < -0.39 is 0 Å². The first-order chi connectivity index (χ1) is 9.24. The number of nitrogens with zero attached hydrogens (tertiary/aromatic N) is 4. The second-order valence-electron chi connectivity index (χ2n) is 4.39. The Balaban J connectivity index is 1.89. The van der Waals surface area contributed by atoms with Gasteiger partial charge in [0.15, 0.2) is 5.65 Å². The summed E-state index contributed by atoms with van der Waals surface area (Å²) in [5, 5.41) is 3.46. The highest BCUT2D eigenvalue weighted by Gasteiger charge is 2.04. The van der Waals surface area contributed by atoms with Crippen molar-refractivity contribution in [2.45, 2.75) is 20.4 Å². The number of fused-ring (bicyclic) bond motifs is 1. The molecule has 0 aliphatic heterocycles. The van der Waals surface area contributed by atoms with E-state index in [1.54, 1.807) is 6.20 Å². The summed E-state index contributed by atoms with van der Waals surface area (Å²) >= 11 is 3.38. The Hall–Kier alpha value is -0.980. The first-order valence-corrected chi connectivity index (χ1v) is 7.44. The van der Waals surface area contributed by atoms with Gasteiger partial charge in [-0.15, -0.1) is 0 Å². The Bertz CT molecular complexity index is 521. The molecule has 104 valence electrons. The Morgan fingerprint density at radius 1 is 1.26 bits per heavy atom. The van der Waals surface area contributed by atoms with Gasteiger partial charge in [0, 0.05) is 25.8 Å². The summed E-state index contributed by atoms with van der Waals surface area (Å²) in [7, 11) is 0. The average molecular weight is 326 g/mol. The van der Waals surface area contributed by atoms with Gasteiger partial charge in [-0.2, -0.15) is 0 Å². The van der Waals surface area contributed by atoms with Crippen LogP contribution in [0.25, 0.3) is 5.65 Å². The quantitative estimate of drug-likeness (QED) is 0.790. The first-order valence-electron chi connectivity index (χ1n) is 6.65. The molecular weight excluding hydrogens is 306 g/mol. The van der Waals surface area contributed by atoms with Crippen molar-refractivity contribution >= 4 is 21.6 Å². The number of halogens is 1. The van der Waals surface area contributed by atoms with E-state index in [2.05, 4.69) is 54.4 Å². The Morgan fingerprint density at radius 2 is 2.05 bits per heavy atom. The summed E-state index contributed by atoms with van der Waals surface area (Å²) < 4.78 is 2.88. The third-order valence-corrected chi connectivity index (χ3v) is 3.66. The van der Waals surface area contributed by atoms with Crippen LogP contribution in [0.3, 0.4) is 0 Å².